The second kappa shape index (κ2) is 8.56. The highest BCUT2D eigenvalue weighted by Gasteiger charge is 2.49. The Bertz CT molecular complexity index is 1310. The van der Waals surface area contributed by atoms with E-state index >= 15 is 0 Å². The number of amides is 2. The van der Waals surface area contributed by atoms with Crippen molar-refractivity contribution in [3.05, 3.63) is 70.9 Å². The number of benzene rings is 2. The van der Waals surface area contributed by atoms with Gasteiger partial charge in [-0.15, -0.1) is 0 Å². The Morgan fingerprint density at radius 3 is 2.49 bits per heavy atom. The van der Waals surface area contributed by atoms with E-state index < -0.39 is 18.1 Å². The number of hydrogen-bond acceptors (Lipinski definition) is 4. The van der Waals surface area contributed by atoms with Crippen LogP contribution in [0.4, 0.5) is 0 Å². The zero-order valence-corrected chi connectivity index (χ0v) is 19.8. The molecule has 0 radical (unpaired) electrons. The van der Waals surface area contributed by atoms with Gasteiger partial charge < -0.3 is 19.5 Å². The average Bonchev–Trinajstić information content (AvgIpc) is 3.28. The molecule has 6 rings (SSSR count). The molecule has 1 aliphatic carbocycles. The van der Waals surface area contributed by atoms with Crippen LogP contribution >= 0.6 is 0 Å². The van der Waals surface area contributed by atoms with Gasteiger partial charge in [-0.1, -0.05) is 49.6 Å². The SMILES string of the molecule is COC(=O)c1ccc([C@@H]2c3[nH]c4ccccc4c3C[C@H]3C(=O)N(C4CCCCC4)CC(=O)N23)cc1. The van der Waals surface area contributed by atoms with E-state index in [4.69, 9.17) is 4.74 Å². The summed E-state index contributed by atoms with van der Waals surface area (Å²) in [6, 6.07) is 14.5. The third-order valence-corrected chi connectivity index (χ3v) is 7.96. The zero-order valence-electron chi connectivity index (χ0n) is 19.8. The number of fused-ring (bicyclic) bond motifs is 4. The first-order chi connectivity index (χ1) is 17.1. The number of rotatable bonds is 3. The molecule has 1 N–H and O–H groups in total. The number of para-hydroxylation sites is 1. The molecule has 0 bridgehead atoms. The minimum absolute atomic E-state index is 0.0217. The second-order valence-corrected chi connectivity index (χ2v) is 9.86. The molecule has 7 nitrogen and oxygen atoms in total. The third kappa shape index (κ3) is 3.52. The molecule has 3 aliphatic rings. The summed E-state index contributed by atoms with van der Waals surface area (Å²) < 4.78 is 4.84. The predicted octanol–water partition coefficient (Wildman–Crippen LogP) is 3.97. The quantitative estimate of drug-likeness (QED) is 0.586. The highest BCUT2D eigenvalue weighted by Crippen LogP contribution is 2.43. The smallest absolute Gasteiger partial charge is 0.337 e. The lowest BCUT2D eigenvalue weighted by atomic mass is 9.85. The Labute approximate surface area is 204 Å². The van der Waals surface area contributed by atoms with Gasteiger partial charge in [-0.2, -0.15) is 0 Å². The number of methoxy groups -OCH3 is 1. The fourth-order valence-corrected chi connectivity index (χ4v) is 6.25. The lowest BCUT2D eigenvalue weighted by Gasteiger charge is -2.49. The van der Waals surface area contributed by atoms with Gasteiger partial charge >= 0.3 is 5.97 Å². The normalized spacial score (nSPS) is 22.8. The number of ether oxygens (including phenoxy) is 1. The molecular weight excluding hydrogens is 442 g/mol. The first-order valence-corrected chi connectivity index (χ1v) is 12.5. The molecule has 2 atom stereocenters. The van der Waals surface area contributed by atoms with Crippen LogP contribution in [0.15, 0.2) is 48.5 Å². The van der Waals surface area contributed by atoms with Crippen LogP contribution in [0.25, 0.3) is 10.9 Å². The van der Waals surface area contributed by atoms with Crippen LogP contribution in [0.3, 0.4) is 0 Å². The summed E-state index contributed by atoms with van der Waals surface area (Å²) in [5.41, 5.74) is 4.35. The maximum absolute atomic E-state index is 13.9. The number of carbonyl (C=O) groups excluding carboxylic acids is 3. The number of hydrogen-bond donors (Lipinski definition) is 1. The lowest BCUT2D eigenvalue weighted by Crippen LogP contribution is -2.65. The number of piperazine rings is 1. The van der Waals surface area contributed by atoms with Crippen molar-refractivity contribution in [2.24, 2.45) is 0 Å². The molecule has 3 heterocycles. The van der Waals surface area contributed by atoms with E-state index in [1.165, 1.54) is 13.5 Å². The Kier molecular flexibility index (Phi) is 5.35. The summed E-state index contributed by atoms with van der Waals surface area (Å²) >= 11 is 0. The molecule has 2 fully saturated rings. The van der Waals surface area contributed by atoms with Crippen LogP contribution in [0.2, 0.25) is 0 Å². The number of esters is 1. The van der Waals surface area contributed by atoms with Gasteiger partial charge in [0.25, 0.3) is 0 Å². The van der Waals surface area contributed by atoms with Crippen LogP contribution in [-0.4, -0.2) is 58.3 Å². The highest BCUT2D eigenvalue weighted by molar-refractivity contribution is 5.98. The lowest BCUT2D eigenvalue weighted by molar-refractivity contribution is -0.161. The molecule has 2 amide bonds. The first kappa shape index (κ1) is 21.9. The van der Waals surface area contributed by atoms with Crippen molar-refractivity contribution < 1.29 is 19.1 Å². The van der Waals surface area contributed by atoms with E-state index in [1.54, 1.807) is 17.0 Å². The largest absolute Gasteiger partial charge is 0.465 e. The zero-order chi connectivity index (χ0) is 24.1. The number of aromatic nitrogens is 1. The topological polar surface area (TPSA) is 82.7 Å². The van der Waals surface area contributed by atoms with Gasteiger partial charge in [-0.25, -0.2) is 4.79 Å². The summed E-state index contributed by atoms with van der Waals surface area (Å²) in [4.78, 5) is 46.8. The summed E-state index contributed by atoms with van der Waals surface area (Å²) in [5.74, 6) is -0.369. The van der Waals surface area contributed by atoms with E-state index in [1.807, 2.05) is 35.2 Å². The van der Waals surface area contributed by atoms with Gasteiger partial charge in [0.15, 0.2) is 0 Å². The summed E-state index contributed by atoms with van der Waals surface area (Å²) in [7, 11) is 1.36. The van der Waals surface area contributed by atoms with Gasteiger partial charge in [0, 0.05) is 29.1 Å². The van der Waals surface area contributed by atoms with E-state index in [-0.39, 0.29) is 24.4 Å². The molecule has 0 spiro atoms. The van der Waals surface area contributed by atoms with Crippen LogP contribution in [0.5, 0.6) is 0 Å². The first-order valence-electron chi connectivity index (χ1n) is 12.5. The minimum Gasteiger partial charge on any atom is -0.465 e. The Balaban J connectivity index is 1.46. The number of H-pyrrole nitrogens is 1. The van der Waals surface area contributed by atoms with Gasteiger partial charge in [-0.3, -0.25) is 9.59 Å². The summed E-state index contributed by atoms with van der Waals surface area (Å²) in [5, 5.41) is 1.09. The Morgan fingerprint density at radius 1 is 1.00 bits per heavy atom. The second-order valence-electron chi connectivity index (χ2n) is 9.86. The molecule has 1 aromatic heterocycles. The van der Waals surface area contributed by atoms with Crippen molar-refractivity contribution in [3.63, 3.8) is 0 Å². The predicted molar refractivity (Wildman–Crippen MR) is 131 cm³/mol. The molecule has 1 saturated heterocycles. The number of aromatic amines is 1. The van der Waals surface area contributed by atoms with Gasteiger partial charge in [-0.05, 0) is 42.2 Å². The summed E-state index contributed by atoms with van der Waals surface area (Å²) in [6.45, 7) is 0.131. The van der Waals surface area contributed by atoms with Gasteiger partial charge in [0.2, 0.25) is 11.8 Å². The molecular formula is C28H29N3O4. The van der Waals surface area contributed by atoms with Crippen LogP contribution in [0.1, 0.15) is 65.3 Å². The maximum Gasteiger partial charge on any atom is 0.337 e. The van der Waals surface area contributed by atoms with Crippen molar-refractivity contribution in [2.75, 3.05) is 13.7 Å². The molecule has 35 heavy (non-hydrogen) atoms. The molecule has 0 unspecified atom stereocenters. The molecule has 7 heteroatoms. The van der Waals surface area contributed by atoms with Crippen molar-refractivity contribution in [3.8, 4) is 0 Å². The molecule has 2 aliphatic heterocycles. The number of nitrogens with zero attached hydrogens (tertiary/aromatic N) is 2. The van der Waals surface area contributed by atoms with Crippen LogP contribution in [0, 0.1) is 0 Å². The van der Waals surface area contributed by atoms with E-state index in [2.05, 4.69) is 11.1 Å². The van der Waals surface area contributed by atoms with Crippen LogP contribution < -0.4 is 0 Å². The fourth-order valence-electron chi connectivity index (χ4n) is 6.25. The van der Waals surface area contributed by atoms with E-state index in [0.717, 1.165) is 53.4 Å². The Hall–Kier alpha value is -3.61. The van der Waals surface area contributed by atoms with Crippen molar-refractivity contribution in [1.29, 1.82) is 0 Å². The maximum atomic E-state index is 13.9. The van der Waals surface area contributed by atoms with E-state index in [0.29, 0.717) is 12.0 Å². The standard InChI is InChI=1S/C28H29N3O4/c1-35-28(34)18-13-11-17(12-14-18)26-25-21(20-9-5-6-10-22(20)29-25)15-23-27(33)30(16-24(32)31(23)26)19-7-3-2-4-8-19/h5-6,9-14,19,23,26,29H,2-4,7-8,15-16H2,1H3/t23-,26+/m0/s1. The minimum atomic E-state index is -0.532. The average molecular weight is 472 g/mol. The van der Waals surface area contributed by atoms with Crippen molar-refractivity contribution in [2.45, 2.75) is 56.7 Å². The van der Waals surface area contributed by atoms with Gasteiger partial charge in [0.1, 0.15) is 12.6 Å². The van der Waals surface area contributed by atoms with Crippen LogP contribution in [-0.2, 0) is 20.7 Å². The Morgan fingerprint density at radius 2 is 1.74 bits per heavy atom. The van der Waals surface area contributed by atoms with E-state index in [9.17, 15) is 14.4 Å². The van der Waals surface area contributed by atoms with Crippen molar-refractivity contribution in [1.82, 2.24) is 14.8 Å². The number of nitrogens with one attached hydrogen (secondary N) is 1. The third-order valence-electron chi connectivity index (χ3n) is 7.96. The number of carbonyl (C=O) groups is 3. The highest BCUT2D eigenvalue weighted by atomic mass is 16.5. The summed E-state index contributed by atoms with van der Waals surface area (Å²) in [6.07, 6.45) is 5.87. The monoisotopic (exact) mass is 471 g/mol. The van der Waals surface area contributed by atoms with Gasteiger partial charge in [0.05, 0.1) is 18.7 Å². The molecule has 180 valence electrons. The fraction of sp³-hybridized carbons (Fsp3) is 0.393. The molecule has 1 saturated carbocycles. The molecule has 3 aromatic rings. The molecule has 2 aromatic carbocycles. The van der Waals surface area contributed by atoms with Crippen molar-refractivity contribution >= 4 is 28.7 Å².